The molecule has 1 aromatic heterocycles. The van der Waals surface area contributed by atoms with E-state index in [0.717, 1.165) is 0 Å². The van der Waals surface area contributed by atoms with E-state index in [4.69, 9.17) is 32.5 Å². The lowest BCUT2D eigenvalue weighted by Crippen LogP contribution is -2.63. The smallest absolute Gasteiger partial charge is 0.320 e. The van der Waals surface area contributed by atoms with Crippen LogP contribution in [0.25, 0.3) is 11.5 Å². The summed E-state index contributed by atoms with van der Waals surface area (Å²) < 4.78 is 10.9. The molecule has 9 nitrogen and oxygen atoms in total. The van der Waals surface area contributed by atoms with Gasteiger partial charge < -0.3 is 24.4 Å². The predicted molar refractivity (Wildman–Crippen MR) is 107 cm³/mol. The summed E-state index contributed by atoms with van der Waals surface area (Å²) in [7, 11) is 0. The second-order valence-corrected chi connectivity index (χ2v) is 8.57. The molecule has 1 aromatic carbocycles. The lowest BCUT2D eigenvalue weighted by molar-refractivity contribution is -0.139. The van der Waals surface area contributed by atoms with Crippen molar-refractivity contribution in [2.75, 3.05) is 32.8 Å². The van der Waals surface area contributed by atoms with Crippen molar-refractivity contribution in [3.8, 4) is 11.5 Å². The fourth-order valence-corrected chi connectivity index (χ4v) is 4.53. The van der Waals surface area contributed by atoms with Crippen LogP contribution in [0.15, 0.2) is 22.7 Å². The average molecular weight is 452 g/mol. The first kappa shape index (κ1) is 19.6. The number of urea groups is 1. The normalized spacial score (nSPS) is 24.3. The van der Waals surface area contributed by atoms with Crippen LogP contribution in [0, 0.1) is 0 Å². The number of nitrogens with one attached hydrogen (secondary N) is 1. The van der Waals surface area contributed by atoms with Gasteiger partial charge in [-0.3, -0.25) is 4.79 Å². The van der Waals surface area contributed by atoms with Crippen LogP contribution in [0.2, 0.25) is 10.0 Å². The van der Waals surface area contributed by atoms with Crippen molar-refractivity contribution in [2.24, 2.45) is 0 Å². The first-order chi connectivity index (χ1) is 14.5. The number of halogens is 2. The van der Waals surface area contributed by atoms with Crippen molar-refractivity contribution in [2.45, 2.75) is 24.5 Å². The fraction of sp³-hybridized carbons (Fsp3) is 0.474. The summed E-state index contributed by atoms with van der Waals surface area (Å²) in [6.45, 7) is 2.19. The van der Waals surface area contributed by atoms with Gasteiger partial charge in [0.15, 0.2) is 5.82 Å². The number of likely N-dealkylation sites (tertiary alicyclic amines) is 2. The van der Waals surface area contributed by atoms with E-state index in [1.165, 1.54) is 0 Å². The number of benzene rings is 1. The molecule has 11 heteroatoms. The summed E-state index contributed by atoms with van der Waals surface area (Å²) in [6.07, 6.45) is 0.692. The number of morpholine rings is 1. The number of nitrogens with zero attached hydrogens (tertiary/aromatic N) is 4. The van der Waals surface area contributed by atoms with Crippen molar-refractivity contribution in [1.29, 1.82) is 0 Å². The van der Waals surface area contributed by atoms with Crippen LogP contribution in [-0.2, 0) is 9.53 Å². The zero-order chi connectivity index (χ0) is 20.8. The first-order valence-electron chi connectivity index (χ1n) is 9.72. The summed E-state index contributed by atoms with van der Waals surface area (Å²) in [5.74, 6) is 0.745. The lowest BCUT2D eigenvalue weighted by atomic mass is 9.98. The highest BCUT2D eigenvalue weighted by Crippen LogP contribution is 2.32. The molecule has 1 N–H and O–H groups in total. The third-order valence-electron chi connectivity index (χ3n) is 5.72. The molecular weight excluding hydrogens is 433 g/mol. The predicted octanol–water partition coefficient (Wildman–Crippen LogP) is 2.15. The number of carbonyl (C=O) groups is 2. The van der Waals surface area contributed by atoms with E-state index in [1.54, 1.807) is 28.0 Å². The van der Waals surface area contributed by atoms with Crippen molar-refractivity contribution in [3.63, 3.8) is 0 Å². The number of fused-ring (bicyclic) bond motifs is 1. The Kier molecular flexibility index (Phi) is 5.04. The molecule has 5 rings (SSSR count). The van der Waals surface area contributed by atoms with Crippen LogP contribution >= 0.6 is 23.2 Å². The van der Waals surface area contributed by atoms with Crippen LogP contribution in [0.5, 0.6) is 0 Å². The maximum Gasteiger partial charge on any atom is 0.320 e. The summed E-state index contributed by atoms with van der Waals surface area (Å²) >= 11 is 12.1. The van der Waals surface area contributed by atoms with E-state index >= 15 is 0 Å². The molecule has 2 aromatic rings. The second kappa shape index (κ2) is 7.72. The van der Waals surface area contributed by atoms with Crippen LogP contribution in [0.1, 0.15) is 18.2 Å². The van der Waals surface area contributed by atoms with Gasteiger partial charge in [-0.05, 0) is 24.6 Å². The molecule has 0 radical (unpaired) electrons. The zero-order valence-electron chi connectivity index (χ0n) is 15.9. The quantitative estimate of drug-likeness (QED) is 0.750. The third kappa shape index (κ3) is 3.61. The van der Waals surface area contributed by atoms with Crippen molar-refractivity contribution in [3.05, 3.63) is 34.1 Å². The molecule has 0 unspecified atom stereocenters. The van der Waals surface area contributed by atoms with E-state index in [9.17, 15) is 9.59 Å². The number of aromatic nitrogens is 2. The minimum Gasteiger partial charge on any atom is -0.366 e. The van der Waals surface area contributed by atoms with E-state index in [1.807, 2.05) is 0 Å². The van der Waals surface area contributed by atoms with E-state index in [-0.39, 0.29) is 36.6 Å². The topological polar surface area (TPSA) is 101 Å². The number of piperidine rings is 1. The first-order valence-corrected chi connectivity index (χ1v) is 10.5. The highest BCUT2D eigenvalue weighted by atomic mass is 35.5. The molecule has 0 aliphatic carbocycles. The monoisotopic (exact) mass is 451 g/mol. The third-order valence-corrected chi connectivity index (χ3v) is 6.26. The molecule has 158 valence electrons. The van der Waals surface area contributed by atoms with Gasteiger partial charge >= 0.3 is 6.03 Å². The number of hydrogen-bond acceptors (Lipinski definition) is 6. The van der Waals surface area contributed by atoms with Gasteiger partial charge in [-0.1, -0.05) is 28.4 Å². The van der Waals surface area contributed by atoms with Gasteiger partial charge in [-0.15, -0.1) is 0 Å². The van der Waals surface area contributed by atoms with Gasteiger partial charge in [0.1, 0.15) is 6.61 Å². The second-order valence-electron chi connectivity index (χ2n) is 7.72. The maximum absolute atomic E-state index is 12.8. The zero-order valence-corrected chi connectivity index (χ0v) is 17.4. The summed E-state index contributed by atoms with van der Waals surface area (Å²) in [6, 6.07) is 4.86. The highest BCUT2D eigenvalue weighted by molar-refractivity contribution is 6.36. The Balaban J connectivity index is 1.19. The summed E-state index contributed by atoms with van der Waals surface area (Å²) in [5.41, 5.74) is 0.617. The summed E-state index contributed by atoms with van der Waals surface area (Å²) in [5, 5.41) is 7.93. The standard InChI is InChI=1S/C19H19Cl2N5O4/c20-11-1-2-12(13(21)5-11)18-23-17(24-30-18)10-6-26(7-10)19(28)25-4-3-15-14(8-25)22-16(27)9-29-15/h1-2,5,10,14-15H,3-4,6-9H2,(H,22,27)/t14-,15+/m1/s1. The van der Waals surface area contributed by atoms with Crippen molar-refractivity contribution < 1.29 is 18.8 Å². The molecule has 4 heterocycles. The number of rotatable bonds is 2. The molecule has 3 saturated heterocycles. The molecule has 3 fully saturated rings. The molecule has 0 saturated carbocycles. The molecule has 0 spiro atoms. The Morgan fingerprint density at radius 2 is 2.03 bits per heavy atom. The van der Waals surface area contributed by atoms with Gasteiger partial charge in [0, 0.05) is 31.2 Å². The van der Waals surface area contributed by atoms with Crippen LogP contribution in [-0.4, -0.2) is 76.8 Å². The molecule has 2 atom stereocenters. The molecule has 0 bridgehead atoms. The Hall–Kier alpha value is -2.36. The number of amides is 3. The lowest BCUT2D eigenvalue weighted by Gasteiger charge is -2.45. The van der Waals surface area contributed by atoms with Crippen molar-refractivity contribution >= 4 is 35.1 Å². The van der Waals surface area contributed by atoms with E-state index in [0.29, 0.717) is 59.9 Å². The average Bonchev–Trinajstić information content (AvgIpc) is 3.15. The Morgan fingerprint density at radius 1 is 1.20 bits per heavy atom. The fourth-order valence-electron chi connectivity index (χ4n) is 4.04. The summed E-state index contributed by atoms with van der Waals surface area (Å²) in [4.78, 5) is 32.3. The van der Waals surface area contributed by atoms with E-state index in [2.05, 4.69) is 15.5 Å². The Labute approximate surface area is 182 Å². The SMILES string of the molecule is O=C1CO[C@H]2CCN(C(=O)N3CC(c4noc(-c5ccc(Cl)cc5Cl)n4)C3)C[C@H]2N1. The van der Waals surface area contributed by atoms with E-state index < -0.39 is 0 Å². The minimum absolute atomic E-state index is 0.00721. The number of carbonyl (C=O) groups excluding carboxylic acids is 2. The number of ether oxygens (including phenoxy) is 1. The Bertz CT molecular complexity index is 993. The highest BCUT2D eigenvalue weighted by Gasteiger charge is 2.41. The van der Waals surface area contributed by atoms with Crippen LogP contribution < -0.4 is 5.32 Å². The molecule has 30 heavy (non-hydrogen) atoms. The molecule has 3 aliphatic heterocycles. The van der Waals surface area contributed by atoms with Gasteiger partial charge in [0.25, 0.3) is 5.89 Å². The molecule has 3 amide bonds. The Morgan fingerprint density at radius 3 is 2.83 bits per heavy atom. The minimum atomic E-state index is -0.148. The largest absolute Gasteiger partial charge is 0.366 e. The van der Waals surface area contributed by atoms with Crippen LogP contribution in [0.4, 0.5) is 4.79 Å². The van der Waals surface area contributed by atoms with Gasteiger partial charge in [-0.2, -0.15) is 4.98 Å². The van der Waals surface area contributed by atoms with Crippen molar-refractivity contribution in [1.82, 2.24) is 25.3 Å². The van der Waals surface area contributed by atoms with Gasteiger partial charge in [0.05, 0.1) is 28.6 Å². The maximum atomic E-state index is 12.8. The molecular formula is C19H19Cl2N5O4. The van der Waals surface area contributed by atoms with Gasteiger partial charge in [-0.25, -0.2) is 4.79 Å². The number of hydrogen-bond donors (Lipinski definition) is 1. The van der Waals surface area contributed by atoms with Crippen LogP contribution in [0.3, 0.4) is 0 Å². The molecule has 3 aliphatic rings. The van der Waals surface area contributed by atoms with Gasteiger partial charge in [0.2, 0.25) is 5.91 Å².